The number of hydrogen-bond acceptors (Lipinski definition) is 2. The van der Waals surface area contributed by atoms with Crippen LogP contribution in [0.2, 0.25) is 0 Å². The third-order valence-corrected chi connectivity index (χ3v) is 3.54. The summed E-state index contributed by atoms with van der Waals surface area (Å²) in [5.74, 6) is 0.224. The number of H-pyrrole nitrogens is 1. The fourth-order valence-electron chi connectivity index (χ4n) is 2.05. The molecule has 2 heterocycles. The zero-order valence-corrected chi connectivity index (χ0v) is 10.1. The molecule has 1 aliphatic rings. The predicted octanol–water partition coefficient (Wildman–Crippen LogP) is 2.77. The molecule has 0 amide bonds. The monoisotopic (exact) mass is 312 g/mol. The molecular weight excluding hydrogens is 303 g/mol. The molecule has 0 saturated carbocycles. The van der Waals surface area contributed by atoms with Crippen molar-refractivity contribution in [1.29, 1.82) is 0 Å². The second-order valence-electron chi connectivity index (χ2n) is 3.64. The fraction of sp³-hybridized carbons (Fsp3) is 0.182. The molecule has 0 unspecified atom stereocenters. The number of Topliss-reactive ketones (excluding diaryl/α,β-unsaturated/α-hetero) is 1. The Morgan fingerprint density at radius 1 is 1.33 bits per heavy atom. The molecule has 0 atom stereocenters. The molecule has 0 radical (unpaired) electrons. The number of nitrogens with one attached hydrogen (secondary N) is 2. The predicted molar refractivity (Wildman–Crippen MR) is 68.5 cm³/mol. The number of aromatic nitrogens is 1. The Labute approximate surface area is 100 Å². The van der Waals surface area contributed by atoms with Gasteiger partial charge in [0.15, 0.2) is 5.78 Å². The van der Waals surface area contributed by atoms with Gasteiger partial charge in [-0.3, -0.25) is 4.79 Å². The Bertz CT molecular complexity index is 559. The van der Waals surface area contributed by atoms with Crippen molar-refractivity contribution in [2.75, 3.05) is 11.9 Å². The number of hydrogen-bond donors (Lipinski definition) is 2. The van der Waals surface area contributed by atoms with E-state index < -0.39 is 0 Å². The highest BCUT2D eigenvalue weighted by Crippen LogP contribution is 2.33. The number of halogens is 1. The Morgan fingerprint density at radius 3 is 3.07 bits per heavy atom. The molecule has 3 rings (SSSR count). The molecule has 1 aliphatic heterocycles. The lowest BCUT2D eigenvalue weighted by Crippen LogP contribution is -2.04. The summed E-state index contributed by atoms with van der Waals surface area (Å²) in [5.41, 5.74) is 2.95. The Kier molecular flexibility index (Phi) is 1.98. The Balaban J connectivity index is 2.47. The van der Waals surface area contributed by atoms with E-state index >= 15 is 0 Å². The third-order valence-electron chi connectivity index (χ3n) is 2.73. The summed E-state index contributed by atoms with van der Waals surface area (Å²) < 4.78 is 1.07. The van der Waals surface area contributed by atoms with E-state index in [0.29, 0.717) is 6.42 Å². The fourth-order valence-corrected chi connectivity index (χ4v) is 2.80. The van der Waals surface area contributed by atoms with E-state index in [4.69, 9.17) is 0 Å². The zero-order chi connectivity index (χ0) is 10.4. The van der Waals surface area contributed by atoms with Gasteiger partial charge in [-0.05, 0) is 28.7 Å². The van der Waals surface area contributed by atoms with Crippen molar-refractivity contribution in [3.8, 4) is 0 Å². The van der Waals surface area contributed by atoms with Gasteiger partial charge in [-0.1, -0.05) is 12.1 Å². The number of ketones is 1. The topological polar surface area (TPSA) is 44.9 Å². The molecular formula is C11H9IN2O. The van der Waals surface area contributed by atoms with Gasteiger partial charge in [0, 0.05) is 29.4 Å². The van der Waals surface area contributed by atoms with Gasteiger partial charge in [-0.2, -0.15) is 0 Å². The van der Waals surface area contributed by atoms with Gasteiger partial charge in [-0.15, -0.1) is 0 Å². The first kappa shape index (κ1) is 9.21. The van der Waals surface area contributed by atoms with Crippen LogP contribution in [0.5, 0.6) is 0 Å². The normalized spacial score (nSPS) is 15.1. The second kappa shape index (κ2) is 3.23. The minimum absolute atomic E-state index is 0.224. The third kappa shape index (κ3) is 1.27. The minimum atomic E-state index is 0.224. The summed E-state index contributed by atoms with van der Waals surface area (Å²) in [5, 5.41) is 4.35. The lowest BCUT2D eigenvalue weighted by atomic mass is 10.0. The first-order valence-electron chi connectivity index (χ1n) is 4.84. The van der Waals surface area contributed by atoms with Crippen molar-refractivity contribution in [3.63, 3.8) is 0 Å². The van der Waals surface area contributed by atoms with Gasteiger partial charge in [0.05, 0.1) is 5.69 Å². The average Bonchev–Trinajstić information content (AvgIpc) is 2.43. The molecule has 0 spiro atoms. The summed E-state index contributed by atoms with van der Waals surface area (Å²) >= 11 is 2.26. The molecule has 0 bridgehead atoms. The summed E-state index contributed by atoms with van der Waals surface area (Å²) in [6.45, 7) is 0.719. The zero-order valence-electron chi connectivity index (χ0n) is 7.93. The van der Waals surface area contributed by atoms with Crippen molar-refractivity contribution < 1.29 is 4.79 Å². The van der Waals surface area contributed by atoms with Gasteiger partial charge in [0.2, 0.25) is 0 Å². The highest BCUT2D eigenvalue weighted by molar-refractivity contribution is 14.1. The van der Waals surface area contributed by atoms with Crippen LogP contribution in [0.1, 0.15) is 16.8 Å². The summed E-state index contributed by atoms with van der Waals surface area (Å²) in [6, 6.07) is 5.84. The van der Waals surface area contributed by atoms with Crippen LogP contribution in [0.25, 0.3) is 10.9 Å². The highest BCUT2D eigenvalue weighted by Gasteiger charge is 2.20. The van der Waals surface area contributed by atoms with Gasteiger partial charge < -0.3 is 10.3 Å². The van der Waals surface area contributed by atoms with Gasteiger partial charge >= 0.3 is 0 Å². The molecule has 4 heteroatoms. The van der Waals surface area contributed by atoms with Gasteiger partial charge in [0.25, 0.3) is 0 Å². The van der Waals surface area contributed by atoms with Crippen LogP contribution in [0.4, 0.5) is 5.69 Å². The summed E-state index contributed by atoms with van der Waals surface area (Å²) in [6.07, 6.45) is 0.573. The van der Waals surface area contributed by atoms with Crippen molar-refractivity contribution in [2.45, 2.75) is 6.42 Å². The molecule has 3 nitrogen and oxygen atoms in total. The number of rotatable bonds is 0. The first-order chi connectivity index (χ1) is 7.27. The lowest BCUT2D eigenvalue weighted by Gasteiger charge is -1.99. The number of aromatic amines is 1. The van der Waals surface area contributed by atoms with Crippen LogP contribution >= 0.6 is 22.6 Å². The molecule has 76 valence electrons. The Morgan fingerprint density at radius 2 is 2.20 bits per heavy atom. The maximum absolute atomic E-state index is 11.8. The maximum atomic E-state index is 11.8. The number of anilines is 1. The van der Waals surface area contributed by atoms with Crippen molar-refractivity contribution in [1.82, 2.24) is 4.98 Å². The van der Waals surface area contributed by atoms with E-state index in [1.54, 1.807) is 0 Å². The molecule has 0 saturated heterocycles. The van der Waals surface area contributed by atoms with E-state index in [0.717, 1.165) is 32.4 Å². The van der Waals surface area contributed by atoms with Crippen LogP contribution in [0.15, 0.2) is 18.2 Å². The van der Waals surface area contributed by atoms with E-state index in [9.17, 15) is 4.79 Å². The summed E-state index contributed by atoms with van der Waals surface area (Å²) in [7, 11) is 0. The molecule has 2 N–H and O–H groups in total. The van der Waals surface area contributed by atoms with Crippen LogP contribution in [-0.2, 0) is 0 Å². The number of carbonyl (C=O) groups is 1. The molecule has 15 heavy (non-hydrogen) atoms. The smallest absolute Gasteiger partial charge is 0.165 e. The molecule has 1 aromatic heterocycles. The average molecular weight is 312 g/mol. The van der Waals surface area contributed by atoms with E-state index in [1.165, 1.54) is 0 Å². The quantitative estimate of drug-likeness (QED) is 0.735. The number of benzene rings is 1. The van der Waals surface area contributed by atoms with Crippen LogP contribution < -0.4 is 5.32 Å². The first-order valence-corrected chi connectivity index (χ1v) is 5.92. The van der Waals surface area contributed by atoms with Gasteiger partial charge in [-0.25, -0.2) is 0 Å². The van der Waals surface area contributed by atoms with Crippen molar-refractivity contribution in [3.05, 3.63) is 27.5 Å². The standard InChI is InChI=1S/C11H9IN2O/c12-11-10-9-6(8(15)4-5-13-10)2-1-3-7(9)14-11/h1-3,13-14H,4-5H2. The SMILES string of the molecule is O=C1CCNc2c(I)[nH]c3cccc1c23. The van der Waals surface area contributed by atoms with Crippen molar-refractivity contribution >= 4 is 45.0 Å². The van der Waals surface area contributed by atoms with Gasteiger partial charge in [0.1, 0.15) is 3.70 Å². The van der Waals surface area contributed by atoms with E-state index in [1.807, 2.05) is 18.2 Å². The minimum Gasteiger partial charge on any atom is -0.382 e. The lowest BCUT2D eigenvalue weighted by molar-refractivity contribution is 0.0989. The molecule has 0 fully saturated rings. The molecule has 0 aliphatic carbocycles. The Hall–Kier alpha value is -1.04. The molecule has 2 aromatic rings. The summed E-state index contributed by atoms with van der Waals surface area (Å²) in [4.78, 5) is 15.1. The van der Waals surface area contributed by atoms with Crippen molar-refractivity contribution in [2.24, 2.45) is 0 Å². The van der Waals surface area contributed by atoms with Crippen LogP contribution in [0.3, 0.4) is 0 Å². The largest absolute Gasteiger partial charge is 0.382 e. The van der Waals surface area contributed by atoms with Crippen LogP contribution in [0, 0.1) is 3.70 Å². The van der Waals surface area contributed by atoms with E-state index in [-0.39, 0.29) is 5.78 Å². The maximum Gasteiger partial charge on any atom is 0.165 e. The number of carbonyl (C=O) groups excluding carboxylic acids is 1. The highest BCUT2D eigenvalue weighted by atomic mass is 127. The van der Waals surface area contributed by atoms with Crippen LogP contribution in [-0.4, -0.2) is 17.3 Å². The molecule has 1 aromatic carbocycles. The van der Waals surface area contributed by atoms with E-state index in [2.05, 4.69) is 32.9 Å². The second-order valence-corrected chi connectivity index (χ2v) is 4.72.